The van der Waals surface area contributed by atoms with Crippen molar-refractivity contribution in [2.45, 2.75) is 12.8 Å². The maximum atomic E-state index is 12.2. The summed E-state index contributed by atoms with van der Waals surface area (Å²) in [5.74, 6) is 1.21. The third-order valence-electron chi connectivity index (χ3n) is 3.49. The third kappa shape index (κ3) is 4.10. The Kier molecular flexibility index (Phi) is 5.62. The largest absolute Gasteiger partial charge is 0.489 e. The predicted octanol–water partition coefficient (Wildman–Crippen LogP) is 1.98. The minimum Gasteiger partial charge on any atom is -0.489 e. The van der Waals surface area contributed by atoms with E-state index in [9.17, 15) is 4.79 Å². The Morgan fingerprint density at radius 2 is 2.35 bits per heavy atom. The number of amides is 1. The fourth-order valence-corrected chi connectivity index (χ4v) is 2.37. The van der Waals surface area contributed by atoms with Crippen molar-refractivity contribution in [3.8, 4) is 5.75 Å². The van der Waals surface area contributed by atoms with Crippen molar-refractivity contribution in [3.05, 3.63) is 42.5 Å². The lowest BCUT2D eigenvalue weighted by Gasteiger charge is -2.12. The number of rotatable bonds is 7. The first-order chi connectivity index (χ1) is 9.81. The van der Waals surface area contributed by atoms with Gasteiger partial charge < -0.3 is 15.4 Å². The Morgan fingerprint density at radius 3 is 3.10 bits per heavy atom. The second kappa shape index (κ2) is 7.70. The summed E-state index contributed by atoms with van der Waals surface area (Å²) in [6.07, 6.45) is 3.89. The molecule has 0 aliphatic carbocycles. The number of carbonyl (C=O) groups is 1. The molecule has 1 aromatic rings. The highest BCUT2D eigenvalue weighted by Gasteiger charge is 2.15. The average molecular weight is 274 g/mol. The normalized spacial score (nSPS) is 17.7. The highest BCUT2D eigenvalue weighted by atomic mass is 16.5. The van der Waals surface area contributed by atoms with Gasteiger partial charge in [-0.3, -0.25) is 4.79 Å². The number of hydrogen-bond acceptors (Lipinski definition) is 3. The fourth-order valence-electron chi connectivity index (χ4n) is 2.37. The van der Waals surface area contributed by atoms with E-state index in [2.05, 4.69) is 17.2 Å². The van der Waals surface area contributed by atoms with E-state index in [1.165, 1.54) is 6.42 Å². The Balaban J connectivity index is 1.85. The lowest BCUT2D eigenvalue weighted by Crippen LogP contribution is -2.26. The first-order valence-electron chi connectivity index (χ1n) is 7.13. The van der Waals surface area contributed by atoms with E-state index in [1.54, 1.807) is 18.2 Å². The quantitative estimate of drug-likeness (QED) is 0.748. The van der Waals surface area contributed by atoms with Crippen molar-refractivity contribution >= 4 is 5.91 Å². The molecule has 0 radical (unpaired) electrons. The molecule has 1 fully saturated rings. The van der Waals surface area contributed by atoms with Crippen molar-refractivity contribution in [1.29, 1.82) is 0 Å². The highest BCUT2D eigenvalue weighted by molar-refractivity contribution is 5.96. The van der Waals surface area contributed by atoms with E-state index in [0.717, 1.165) is 19.5 Å². The molecule has 1 heterocycles. The summed E-state index contributed by atoms with van der Waals surface area (Å²) in [5, 5.41) is 6.30. The second-order valence-electron chi connectivity index (χ2n) is 5.00. The number of para-hydroxylation sites is 1. The number of nitrogens with one attached hydrogen (secondary N) is 2. The Hall–Kier alpha value is -1.81. The van der Waals surface area contributed by atoms with Crippen molar-refractivity contribution < 1.29 is 9.53 Å². The Bertz CT molecular complexity index is 454. The minimum atomic E-state index is -0.0735. The first-order valence-corrected chi connectivity index (χ1v) is 7.13. The van der Waals surface area contributed by atoms with E-state index >= 15 is 0 Å². The number of hydrogen-bond donors (Lipinski definition) is 2. The molecule has 0 bridgehead atoms. The summed E-state index contributed by atoms with van der Waals surface area (Å²) in [5.41, 5.74) is 0.582. The number of carbonyl (C=O) groups excluding carboxylic acids is 1. The SMILES string of the molecule is C=CCOc1ccccc1C(=O)NCCC1CCNC1. The van der Waals surface area contributed by atoms with Crippen molar-refractivity contribution in [2.75, 3.05) is 26.2 Å². The third-order valence-corrected chi connectivity index (χ3v) is 3.49. The van der Waals surface area contributed by atoms with Crippen LogP contribution >= 0.6 is 0 Å². The van der Waals surface area contributed by atoms with Crippen LogP contribution in [0.15, 0.2) is 36.9 Å². The zero-order valence-electron chi connectivity index (χ0n) is 11.7. The molecular weight excluding hydrogens is 252 g/mol. The molecule has 1 aromatic carbocycles. The second-order valence-corrected chi connectivity index (χ2v) is 5.00. The zero-order valence-corrected chi connectivity index (χ0v) is 11.7. The monoisotopic (exact) mass is 274 g/mol. The van der Waals surface area contributed by atoms with Gasteiger partial charge >= 0.3 is 0 Å². The Morgan fingerprint density at radius 1 is 1.50 bits per heavy atom. The van der Waals surface area contributed by atoms with Crippen LogP contribution in [0.1, 0.15) is 23.2 Å². The fraction of sp³-hybridized carbons (Fsp3) is 0.438. The van der Waals surface area contributed by atoms with Crippen LogP contribution in [-0.2, 0) is 0 Å². The molecule has 1 saturated heterocycles. The van der Waals surface area contributed by atoms with Crippen molar-refractivity contribution in [1.82, 2.24) is 10.6 Å². The highest BCUT2D eigenvalue weighted by Crippen LogP contribution is 2.18. The topological polar surface area (TPSA) is 50.4 Å². The number of ether oxygens (including phenoxy) is 1. The van der Waals surface area contributed by atoms with E-state index in [0.29, 0.717) is 30.4 Å². The van der Waals surface area contributed by atoms with Crippen LogP contribution < -0.4 is 15.4 Å². The van der Waals surface area contributed by atoms with E-state index in [-0.39, 0.29) is 5.91 Å². The van der Waals surface area contributed by atoms with E-state index in [4.69, 9.17) is 4.74 Å². The lowest BCUT2D eigenvalue weighted by atomic mass is 10.1. The van der Waals surface area contributed by atoms with Crippen LogP contribution in [0.2, 0.25) is 0 Å². The van der Waals surface area contributed by atoms with Crippen LogP contribution in [-0.4, -0.2) is 32.1 Å². The summed E-state index contributed by atoms with van der Waals surface area (Å²) in [4.78, 5) is 12.2. The smallest absolute Gasteiger partial charge is 0.255 e. The molecule has 1 aliphatic heterocycles. The molecule has 2 rings (SSSR count). The van der Waals surface area contributed by atoms with Gasteiger partial charge in [0.05, 0.1) is 5.56 Å². The Labute approximate surface area is 120 Å². The standard InChI is InChI=1S/C16H22N2O2/c1-2-11-20-15-6-4-3-5-14(15)16(19)18-10-8-13-7-9-17-12-13/h2-6,13,17H,1,7-12H2,(H,18,19). The molecule has 1 unspecified atom stereocenters. The van der Waals surface area contributed by atoms with E-state index < -0.39 is 0 Å². The van der Waals surface area contributed by atoms with Crippen molar-refractivity contribution in [3.63, 3.8) is 0 Å². The van der Waals surface area contributed by atoms with Gasteiger partial charge in [-0.25, -0.2) is 0 Å². The molecule has 108 valence electrons. The molecule has 4 nitrogen and oxygen atoms in total. The van der Waals surface area contributed by atoms with Crippen LogP contribution in [0, 0.1) is 5.92 Å². The van der Waals surface area contributed by atoms with Gasteiger partial charge in [0.2, 0.25) is 0 Å². The molecule has 4 heteroatoms. The molecule has 1 aliphatic rings. The molecular formula is C16H22N2O2. The van der Waals surface area contributed by atoms with Gasteiger partial charge in [-0.2, -0.15) is 0 Å². The van der Waals surface area contributed by atoms with Gasteiger partial charge in [-0.1, -0.05) is 24.8 Å². The molecule has 0 aromatic heterocycles. The predicted molar refractivity (Wildman–Crippen MR) is 80.1 cm³/mol. The van der Waals surface area contributed by atoms with Gasteiger partial charge in [-0.15, -0.1) is 0 Å². The van der Waals surface area contributed by atoms with E-state index in [1.807, 2.05) is 12.1 Å². The molecule has 2 N–H and O–H groups in total. The summed E-state index contributed by atoms with van der Waals surface area (Å²) in [7, 11) is 0. The maximum absolute atomic E-state index is 12.2. The van der Waals surface area contributed by atoms with Crippen LogP contribution in [0.5, 0.6) is 5.75 Å². The van der Waals surface area contributed by atoms with Crippen molar-refractivity contribution in [2.24, 2.45) is 5.92 Å². The van der Waals surface area contributed by atoms with Gasteiger partial charge in [0.25, 0.3) is 5.91 Å². The summed E-state index contributed by atoms with van der Waals surface area (Å²) < 4.78 is 5.50. The van der Waals surface area contributed by atoms with Gasteiger partial charge in [0.1, 0.15) is 12.4 Å². The maximum Gasteiger partial charge on any atom is 0.255 e. The van der Waals surface area contributed by atoms with Gasteiger partial charge in [0, 0.05) is 6.54 Å². The van der Waals surface area contributed by atoms with Gasteiger partial charge in [-0.05, 0) is 44.0 Å². The number of benzene rings is 1. The van der Waals surface area contributed by atoms with Crippen LogP contribution in [0.3, 0.4) is 0 Å². The summed E-state index contributed by atoms with van der Waals surface area (Å²) in [6, 6.07) is 7.29. The zero-order chi connectivity index (χ0) is 14.2. The first kappa shape index (κ1) is 14.6. The van der Waals surface area contributed by atoms with Gasteiger partial charge in [0.15, 0.2) is 0 Å². The van der Waals surface area contributed by atoms with Crippen LogP contribution in [0.4, 0.5) is 0 Å². The molecule has 0 saturated carbocycles. The lowest BCUT2D eigenvalue weighted by molar-refractivity contribution is 0.0948. The molecule has 1 amide bonds. The molecule has 20 heavy (non-hydrogen) atoms. The molecule has 0 spiro atoms. The minimum absolute atomic E-state index is 0.0735. The summed E-state index contributed by atoms with van der Waals surface area (Å²) >= 11 is 0. The molecule has 1 atom stereocenters. The van der Waals surface area contributed by atoms with Crippen LogP contribution in [0.25, 0.3) is 0 Å². The summed E-state index contributed by atoms with van der Waals surface area (Å²) in [6.45, 7) is 6.88. The average Bonchev–Trinajstić information content (AvgIpc) is 2.98.